The first-order chi connectivity index (χ1) is 8.75. The van der Waals surface area contributed by atoms with E-state index < -0.39 is 5.97 Å². The maximum atomic E-state index is 11.2. The molecule has 0 aliphatic heterocycles. The average Bonchev–Trinajstić information content (AvgIpc) is 2.98. The van der Waals surface area contributed by atoms with Crippen LogP contribution in [0.2, 0.25) is 0 Å². The molecule has 4 nitrogen and oxygen atoms in total. The molecule has 0 amide bonds. The van der Waals surface area contributed by atoms with E-state index >= 15 is 0 Å². The van der Waals surface area contributed by atoms with Gasteiger partial charge in [-0.2, -0.15) is 0 Å². The lowest BCUT2D eigenvalue weighted by Gasteiger charge is -1.98. The van der Waals surface area contributed by atoms with Crippen molar-refractivity contribution in [2.45, 2.75) is 6.42 Å². The van der Waals surface area contributed by atoms with E-state index in [0.29, 0.717) is 11.9 Å². The standard InChI is InChI=1S/C13H10N2O2S/c16-13(17)12-10-5-1-2-6-15(10)11(14-12)8-9-4-3-7-18-9/h1-7H,8H2,(H,16,17). The van der Waals surface area contributed by atoms with Gasteiger partial charge in [-0.15, -0.1) is 11.3 Å². The summed E-state index contributed by atoms with van der Waals surface area (Å²) in [6.07, 6.45) is 2.49. The molecule has 0 aromatic carbocycles. The van der Waals surface area contributed by atoms with Crippen LogP contribution in [0.15, 0.2) is 41.9 Å². The number of thiophene rings is 1. The van der Waals surface area contributed by atoms with Crippen LogP contribution in [0.5, 0.6) is 0 Å². The smallest absolute Gasteiger partial charge is 0.356 e. The van der Waals surface area contributed by atoms with Gasteiger partial charge in [-0.05, 0) is 23.6 Å². The first kappa shape index (κ1) is 11.0. The zero-order valence-corrected chi connectivity index (χ0v) is 10.2. The molecule has 5 heteroatoms. The van der Waals surface area contributed by atoms with Gasteiger partial charge in [-0.3, -0.25) is 0 Å². The Morgan fingerprint density at radius 1 is 1.33 bits per heavy atom. The highest BCUT2D eigenvalue weighted by molar-refractivity contribution is 7.09. The van der Waals surface area contributed by atoms with Crippen molar-refractivity contribution in [3.8, 4) is 0 Å². The lowest BCUT2D eigenvalue weighted by atomic mass is 10.3. The van der Waals surface area contributed by atoms with E-state index in [1.165, 1.54) is 4.88 Å². The second kappa shape index (κ2) is 4.27. The molecule has 0 atom stereocenters. The van der Waals surface area contributed by atoms with E-state index in [-0.39, 0.29) is 5.69 Å². The summed E-state index contributed by atoms with van der Waals surface area (Å²) in [7, 11) is 0. The van der Waals surface area contributed by atoms with Crippen LogP contribution in [0, 0.1) is 0 Å². The minimum Gasteiger partial charge on any atom is -0.476 e. The minimum absolute atomic E-state index is 0.113. The second-order valence-corrected chi connectivity index (χ2v) is 4.93. The van der Waals surface area contributed by atoms with Crippen LogP contribution in [0.3, 0.4) is 0 Å². The normalized spacial score (nSPS) is 10.9. The van der Waals surface area contributed by atoms with Gasteiger partial charge in [0.1, 0.15) is 5.82 Å². The van der Waals surface area contributed by atoms with Crippen LogP contribution in [-0.2, 0) is 6.42 Å². The fraction of sp³-hybridized carbons (Fsp3) is 0.0769. The van der Waals surface area contributed by atoms with Gasteiger partial charge in [0.25, 0.3) is 0 Å². The van der Waals surface area contributed by atoms with Gasteiger partial charge in [0.05, 0.1) is 5.52 Å². The monoisotopic (exact) mass is 258 g/mol. The third kappa shape index (κ3) is 1.78. The molecule has 3 rings (SSSR count). The molecule has 3 heterocycles. The number of rotatable bonds is 3. The number of carboxylic acids is 1. The van der Waals surface area contributed by atoms with Crippen molar-refractivity contribution in [2.24, 2.45) is 0 Å². The fourth-order valence-corrected chi connectivity index (χ4v) is 2.65. The molecule has 0 fully saturated rings. The van der Waals surface area contributed by atoms with Gasteiger partial charge in [0.2, 0.25) is 0 Å². The van der Waals surface area contributed by atoms with Gasteiger partial charge in [0.15, 0.2) is 5.69 Å². The molecule has 3 aromatic heterocycles. The summed E-state index contributed by atoms with van der Waals surface area (Å²) >= 11 is 1.64. The Morgan fingerprint density at radius 3 is 2.94 bits per heavy atom. The van der Waals surface area contributed by atoms with Gasteiger partial charge in [-0.25, -0.2) is 9.78 Å². The molecule has 18 heavy (non-hydrogen) atoms. The van der Waals surface area contributed by atoms with E-state index in [1.54, 1.807) is 17.4 Å². The number of carboxylic acid groups (broad SMARTS) is 1. The fourth-order valence-electron chi connectivity index (χ4n) is 1.95. The van der Waals surface area contributed by atoms with Gasteiger partial charge >= 0.3 is 5.97 Å². The van der Waals surface area contributed by atoms with Gasteiger partial charge in [-0.1, -0.05) is 12.1 Å². The number of hydrogen-bond acceptors (Lipinski definition) is 3. The molecule has 0 saturated heterocycles. The van der Waals surface area contributed by atoms with Crippen molar-refractivity contribution in [1.82, 2.24) is 9.38 Å². The molecule has 90 valence electrons. The Labute approximate surface area is 107 Å². The third-order valence-electron chi connectivity index (χ3n) is 2.74. The van der Waals surface area contributed by atoms with Crippen LogP contribution in [-0.4, -0.2) is 20.5 Å². The highest BCUT2D eigenvalue weighted by Gasteiger charge is 2.16. The molecule has 0 saturated carbocycles. The van der Waals surface area contributed by atoms with Crippen molar-refractivity contribution >= 4 is 22.8 Å². The average molecular weight is 258 g/mol. The number of pyridine rings is 1. The maximum Gasteiger partial charge on any atom is 0.356 e. The van der Waals surface area contributed by atoms with Gasteiger partial charge < -0.3 is 9.51 Å². The summed E-state index contributed by atoms with van der Waals surface area (Å²) in [5.41, 5.74) is 0.749. The van der Waals surface area contributed by atoms with Crippen molar-refractivity contribution in [2.75, 3.05) is 0 Å². The zero-order chi connectivity index (χ0) is 12.5. The third-order valence-corrected chi connectivity index (χ3v) is 3.61. The van der Waals surface area contributed by atoms with Gasteiger partial charge in [0, 0.05) is 17.5 Å². The van der Waals surface area contributed by atoms with E-state index in [9.17, 15) is 4.79 Å². The molecule has 0 spiro atoms. The molecular formula is C13H10N2O2S. The van der Waals surface area contributed by atoms with Crippen molar-refractivity contribution in [3.63, 3.8) is 0 Å². The molecule has 0 bridgehead atoms. The van der Waals surface area contributed by atoms with Crippen LogP contribution in [0.1, 0.15) is 21.2 Å². The molecule has 0 aliphatic carbocycles. The maximum absolute atomic E-state index is 11.2. The number of fused-ring (bicyclic) bond motifs is 1. The molecular weight excluding hydrogens is 248 g/mol. The number of nitrogens with zero attached hydrogens (tertiary/aromatic N) is 2. The number of aromatic carboxylic acids is 1. The summed E-state index contributed by atoms with van der Waals surface area (Å²) in [6.45, 7) is 0. The summed E-state index contributed by atoms with van der Waals surface area (Å²) in [4.78, 5) is 16.6. The highest BCUT2D eigenvalue weighted by atomic mass is 32.1. The van der Waals surface area contributed by atoms with E-state index in [0.717, 1.165) is 5.82 Å². The van der Waals surface area contributed by atoms with Crippen LogP contribution in [0.25, 0.3) is 5.52 Å². The molecule has 3 aromatic rings. The second-order valence-electron chi connectivity index (χ2n) is 3.89. The van der Waals surface area contributed by atoms with Crippen LogP contribution >= 0.6 is 11.3 Å². The summed E-state index contributed by atoms with van der Waals surface area (Å²) in [5, 5.41) is 11.2. The van der Waals surface area contributed by atoms with Crippen LogP contribution in [0.4, 0.5) is 0 Å². The van der Waals surface area contributed by atoms with E-state index in [2.05, 4.69) is 4.98 Å². The number of imidazole rings is 1. The Kier molecular flexibility index (Phi) is 2.60. The molecule has 0 unspecified atom stereocenters. The predicted molar refractivity (Wildman–Crippen MR) is 69.3 cm³/mol. The first-order valence-electron chi connectivity index (χ1n) is 5.47. The largest absolute Gasteiger partial charge is 0.476 e. The summed E-state index contributed by atoms with van der Waals surface area (Å²) in [5.74, 6) is -0.235. The predicted octanol–water partition coefficient (Wildman–Crippen LogP) is 2.68. The minimum atomic E-state index is -0.990. The van der Waals surface area contributed by atoms with Crippen molar-refractivity contribution in [3.05, 3.63) is 58.3 Å². The van der Waals surface area contributed by atoms with Crippen molar-refractivity contribution in [1.29, 1.82) is 0 Å². The Balaban J connectivity index is 2.14. The van der Waals surface area contributed by atoms with Crippen molar-refractivity contribution < 1.29 is 9.90 Å². The molecule has 1 N–H and O–H groups in total. The lowest BCUT2D eigenvalue weighted by Crippen LogP contribution is -1.97. The Hall–Kier alpha value is -2.14. The SMILES string of the molecule is O=C(O)c1nc(Cc2cccs2)n2ccccc12. The van der Waals surface area contributed by atoms with E-state index in [4.69, 9.17) is 5.11 Å². The summed E-state index contributed by atoms with van der Waals surface area (Å²) in [6, 6.07) is 9.47. The number of carbonyl (C=O) groups is 1. The zero-order valence-electron chi connectivity index (χ0n) is 9.41. The Bertz CT molecular complexity index is 701. The number of hydrogen-bond donors (Lipinski definition) is 1. The first-order valence-corrected chi connectivity index (χ1v) is 6.35. The summed E-state index contributed by atoms with van der Waals surface area (Å²) < 4.78 is 1.84. The lowest BCUT2D eigenvalue weighted by molar-refractivity contribution is 0.0693. The Morgan fingerprint density at radius 2 is 2.22 bits per heavy atom. The van der Waals surface area contributed by atoms with E-state index in [1.807, 2.05) is 40.2 Å². The highest BCUT2D eigenvalue weighted by Crippen LogP contribution is 2.18. The quantitative estimate of drug-likeness (QED) is 0.785. The van der Waals surface area contributed by atoms with Crippen LogP contribution < -0.4 is 0 Å². The topological polar surface area (TPSA) is 54.6 Å². The number of aromatic nitrogens is 2. The molecule has 0 radical (unpaired) electrons. The molecule has 0 aliphatic rings.